The van der Waals surface area contributed by atoms with Gasteiger partial charge in [0.25, 0.3) is 0 Å². The smallest absolute Gasteiger partial charge is 0.335 e. The molecule has 1 aromatic carbocycles. The number of benzene rings is 1. The molecule has 0 radical (unpaired) electrons. The molecule has 0 aromatic heterocycles. The first kappa shape index (κ1) is 13.2. The summed E-state index contributed by atoms with van der Waals surface area (Å²) in [4.78, 5) is 12.5. The van der Waals surface area contributed by atoms with Crippen LogP contribution in [0.15, 0.2) is 42.5 Å². The Morgan fingerprint density at radius 3 is 2.70 bits per heavy atom. The highest BCUT2D eigenvalue weighted by molar-refractivity contribution is 5.86. The van der Waals surface area contributed by atoms with E-state index in [1.165, 1.54) is 0 Å². The van der Waals surface area contributed by atoms with Gasteiger partial charge in [-0.05, 0) is 37.8 Å². The van der Waals surface area contributed by atoms with Gasteiger partial charge in [0.2, 0.25) is 0 Å². The van der Waals surface area contributed by atoms with Crippen LogP contribution in [0.25, 0.3) is 0 Å². The van der Waals surface area contributed by atoms with Crippen LogP contribution >= 0.6 is 0 Å². The zero-order chi connectivity index (χ0) is 14.2. The molecule has 0 unspecified atom stereocenters. The van der Waals surface area contributed by atoms with E-state index in [0.29, 0.717) is 24.6 Å². The van der Waals surface area contributed by atoms with Crippen molar-refractivity contribution in [3.63, 3.8) is 0 Å². The Labute approximate surface area is 118 Å². The number of nitrogens with zero attached hydrogens (tertiary/aromatic N) is 1. The fourth-order valence-corrected chi connectivity index (χ4v) is 3.45. The maximum absolute atomic E-state index is 12.5. The van der Waals surface area contributed by atoms with Gasteiger partial charge in [-0.25, -0.2) is 9.86 Å². The predicted octanol–water partition coefficient (Wildman–Crippen LogP) is 2.78. The van der Waals surface area contributed by atoms with E-state index in [-0.39, 0.29) is 11.9 Å². The molecule has 1 fully saturated rings. The summed E-state index contributed by atoms with van der Waals surface area (Å²) in [7, 11) is 0. The summed E-state index contributed by atoms with van der Waals surface area (Å²) in [6.07, 6.45) is 5.69. The molecule has 20 heavy (non-hydrogen) atoms. The summed E-state index contributed by atoms with van der Waals surface area (Å²) >= 11 is 0. The van der Waals surface area contributed by atoms with Crippen molar-refractivity contribution in [2.75, 3.05) is 11.7 Å². The second-order valence-corrected chi connectivity index (χ2v) is 5.48. The van der Waals surface area contributed by atoms with Gasteiger partial charge in [-0.15, -0.1) is 0 Å². The molecule has 1 N–H and O–H groups in total. The molecule has 106 valence electrons. The topological polar surface area (TPSA) is 49.8 Å². The second kappa shape index (κ2) is 4.94. The number of allylic oxidation sites excluding steroid dienone is 1. The lowest BCUT2D eigenvalue weighted by Crippen LogP contribution is -2.57. The van der Waals surface area contributed by atoms with E-state index in [9.17, 15) is 10.0 Å². The van der Waals surface area contributed by atoms with Gasteiger partial charge in [-0.3, -0.25) is 5.21 Å². The Hall–Kier alpha value is -1.81. The Morgan fingerprint density at radius 1 is 1.40 bits per heavy atom. The summed E-state index contributed by atoms with van der Waals surface area (Å²) in [5, 5.41) is 11.8. The Kier molecular flexibility index (Phi) is 3.26. The number of carbonyl (C=O) groups is 1. The van der Waals surface area contributed by atoms with E-state index < -0.39 is 5.54 Å². The number of hydrogen-bond acceptors (Lipinski definition) is 4. The maximum Gasteiger partial charge on any atom is 0.335 e. The zero-order valence-corrected chi connectivity index (χ0v) is 11.5. The molecule has 0 saturated heterocycles. The van der Waals surface area contributed by atoms with Crippen molar-refractivity contribution in [1.29, 1.82) is 0 Å². The number of carbonyl (C=O) groups excluding carboxylic acids is 1. The minimum Gasteiger partial charge on any atom is -0.464 e. The van der Waals surface area contributed by atoms with Crippen molar-refractivity contribution < 1.29 is 14.7 Å². The number of esters is 1. The second-order valence-electron chi connectivity index (χ2n) is 5.48. The van der Waals surface area contributed by atoms with Crippen LogP contribution in [0.2, 0.25) is 0 Å². The minimum atomic E-state index is -0.975. The standard InChI is InChI=1S/C16H19NO3/c1-2-20-15(18)16(11-12-8-9-13(16)10-12)17(19)14-6-4-3-5-7-14/h3-9,12-13,19H,2,10-11H2,1H3/t12-,13+,16+/m1/s1. The highest BCUT2D eigenvalue weighted by atomic mass is 16.6. The van der Waals surface area contributed by atoms with E-state index in [0.717, 1.165) is 11.5 Å². The van der Waals surface area contributed by atoms with Crippen molar-refractivity contribution in [2.24, 2.45) is 11.8 Å². The van der Waals surface area contributed by atoms with Gasteiger partial charge in [0.05, 0.1) is 12.3 Å². The molecule has 1 aromatic rings. The Balaban J connectivity index is 1.99. The first-order chi connectivity index (χ1) is 9.68. The van der Waals surface area contributed by atoms with Crippen LogP contribution in [-0.2, 0) is 9.53 Å². The number of hydroxylamine groups is 1. The van der Waals surface area contributed by atoms with Crippen LogP contribution in [0.3, 0.4) is 0 Å². The lowest BCUT2D eigenvalue weighted by atomic mass is 9.83. The number of rotatable bonds is 4. The molecule has 3 atom stereocenters. The molecule has 1 saturated carbocycles. The molecule has 0 amide bonds. The lowest BCUT2D eigenvalue weighted by molar-refractivity contribution is -0.153. The SMILES string of the molecule is CCOC(=O)[C@]1(N(O)c2ccccc2)C[C@@H]2C=C[C@H]1C2. The maximum atomic E-state index is 12.5. The average Bonchev–Trinajstić information content (AvgIpc) is 3.09. The van der Waals surface area contributed by atoms with Crippen LogP contribution in [-0.4, -0.2) is 23.3 Å². The number of ether oxygens (including phenoxy) is 1. The molecule has 0 aliphatic heterocycles. The summed E-state index contributed by atoms with van der Waals surface area (Å²) in [5.74, 6) is 0.0303. The Bertz CT molecular complexity index is 528. The third-order valence-corrected chi connectivity index (χ3v) is 4.37. The van der Waals surface area contributed by atoms with Crippen molar-refractivity contribution in [3.8, 4) is 0 Å². The number of hydrogen-bond donors (Lipinski definition) is 1. The van der Waals surface area contributed by atoms with Gasteiger partial charge < -0.3 is 4.74 Å². The molecule has 4 nitrogen and oxygen atoms in total. The molecular weight excluding hydrogens is 254 g/mol. The van der Waals surface area contributed by atoms with E-state index in [4.69, 9.17) is 4.74 Å². The number of fused-ring (bicyclic) bond motifs is 2. The van der Waals surface area contributed by atoms with Crippen LogP contribution < -0.4 is 5.06 Å². The van der Waals surface area contributed by atoms with Crippen LogP contribution in [0.5, 0.6) is 0 Å². The fraction of sp³-hybridized carbons (Fsp3) is 0.438. The summed E-state index contributed by atoms with van der Waals surface area (Å²) in [6, 6.07) is 9.18. The van der Waals surface area contributed by atoms with E-state index in [1.807, 2.05) is 24.3 Å². The quantitative estimate of drug-likeness (QED) is 0.520. The van der Waals surface area contributed by atoms with Crippen molar-refractivity contribution in [2.45, 2.75) is 25.3 Å². The van der Waals surface area contributed by atoms with Crippen LogP contribution in [0.1, 0.15) is 19.8 Å². The minimum absolute atomic E-state index is 0.0109. The molecule has 0 spiro atoms. The molecular formula is C16H19NO3. The summed E-state index contributed by atoms with van der Waals surface area (Å²) in [5.41, 5.74) is -0.349. The normalized spacial score (nSPS) is 30.5. The van der Waals surface area contributed by atoms with Crippen molar-refractivity contribution in [3.05, 3.63) is 42.5 Å². The van der Waals surface area contributed by atoms with Gasteiger partial charge in [-0.2, -0.15) is 0 Å². The van der Waals surface area contributed by atoms with E-state index in [1.54, 1.807) is 19.1 Å². The average molecular weight is 273 g/mol. The van der Waals surface area contributed by atoms with Gasteiger partial charge in [0.15, 0.2) is 5.54 Å². The van der Waals surface area contributed by atoms with E-state index >= 15 is 0 Å². The molecule has 3 rings (SSSR count). The van der Waals surface area contributed by atoms with Crippen molar-refractivity contribution in [1.82, 2.24) is 0 Å². The molecule has 2 aliphatic rings. The van der Waals surface area contributed by atoms with Gasteiger partial charge in [0, 0.05) is 5.92 Å². The number of anilines is 1. The van der Waals surface area contributed by atoms with E-state index in [2.05, 4.69) is 6.08 Å². The Morgan fingerprint density at radius 2 is 2.15 bits per heavy atom. The highest BCUT2D eigenvalue weighted by Gasteiger charge is 2.58. The summed E-state index contributed by atoms with van der Waals surface area (Å²) < 4.78 is 5.25. The fourth-order valence-electron chi connectivity index (χ4n) is 3.45. The highest BCUT2D eigenvalue weighted by Crippen LogP contribution is 2.50. The van der Waals surface area contributed by atoms with Gasteiger partial charge in [0.1, 0.15) is 0 Å². The van der Waals surface area contributed by atoms with Crippen molar-refractivity contribution >= 4 is 11.7 Å². The third-order valence-electron chi connectivity index (χ3n) is 4.37. The molecule has 2 bridgehead atoms. The van der Waals surface area contributed by atoms with Gasteiger partial charge >= 0.3 is 5.97 Å². The lowest BCUT2D eigenvalue weighted by Gasteiger charge is -2.40. The molecule has 2 aliphatic carbocycles. The van der Waals surface area contributed by atoms with Gasteiger partial charge in [-0.1, -0.05) is 30.4 Å². The monoisotopic (exact) mass is 273 g/mol. The van der Waals surface area contributed by atoms with Crippen LogP contribution in [0, 0.1) is 11.8 Å². The predicted molar refractivity (Wildman–Crippen MR) is 75.4 cm³/mol. The zero-order valence-electron chi connectivity index (χ0n) is 11.5. The first-order valence-electron chi connectivity index (χ1n) is 7.08. The third kappa shape index (κ3) is 1.83. The summed E-state index contributed by atoms with van der Waals surface area (Å²) in [6.45, 7) is 2.11. The first-order valence-corrected chi connectivity index (χ1v) is 7.08. The number of para-hydroxylation sites is 1. The molecule has 0 heterocycles. The molecule has 4 heteroatoms. The van der Waals surface area contributed by atoms with Crippen LogP contribution in [0.4, 0.5) is 5.69 Å². The largest absolute Gasteiger partial charge is 0.464 e.